The number of cyclic esters (lactones) is 1. The van der Waals surface area contributed by atoms with E-state index in [4.69, 9.17) is 21.1 Å². The van der Waals surface area contributed by atoms with Crippen LogP contribution in [0.5, 0.6) is 0 Å². The average molecular weight is 326 g/mol. The molecule has 1 aromatic carbocycles. The molecule has 0 radical (unpaired) electrons. The molecule has 1 N–H and O–H groups in total. The first-order valence-corrected chi connectivity index (χ1v) is 7.53. The van der Waals surface area contributed by atoms with Crippen molar-refractivity contribution in [2.75, 3.05) is 0 Å². The van der Waals surface area contributed by atoms with E-state index in [1.807, 2.05) is 6.07 Å². The second kappa shape index (κ2) is 6.16. The number of rotatable bonds is 2. The van der Waals surface area contributed by atoms with E-state index in [-0.39, 0.29) is 6.04 Å². The molecule has 2 atom stereocenters. The van der Waals surface area contributed by atoms with Crippen molar-refractivity contribution in [3.63, 3.8) is 0 Å². The van der Waals surface area contributed by atoms with Crippen LogP contribution < -0.4 is 5.32 Å². The summed E-state index contributed by atoms with van der Waals surface area (Å²) in [6.07, 6.45) is -0.488. The van der Waals surface area contributed by atoms with E-state index in [9.17, 15) is 9.59 Å². The van der Waals surface area contributed by atoms with Gasteiger partial charge in [-0.2, -0.15) is 0 Å². The van der Waals surface area contributed by atoms with E-state index in [0.29, 0.717) is 17.0 Å². The van der Waals surface area contributed by atoms with E-state index < -0.39 is 23.8 Å². The van der Waals surface area contributed by atoms with Crippen LogP contribution in [0.25, 0.3) is 0 Å². The Morgan fingerprint density at radius 1 is 1.45 bits per heavy atom. The van der Waals surface area contributed by atoms with Crippen LogP contribution in [0.3, 0.4) is 0 Å². The first-order valence-electron chi connectivity index (χ1n) is 7.15. The first kappa shape index (κ1) is 16.6. The molecule has 0 bridgehead atoms. The van der Waals surface area contributed by atoms with Crippen molar-refractivity contribution in [3.8, 4) is 0 Å². The molecule has 0 spiro atoms. The maximum Gasteiger partial charge on any atom is 0.407 e. The van der Waals surface area contributed by atoms with Gasteiger partial charge in [-0.1, -0.05) is 23.7 Å². The summed E-state index contributed by atoms with van der Waals surface area (Å²) >= 11 is 6.03. The Labute approximate surface area is 134 Å². The summed E-state index contributed by atoms with van der Waals surface area (Å²) in [5, 5.41) is 3.08. The maximum atomic E-state index is 12.1. The van der Waals surface area contributed by atoms with E-state index in [2.05, 4.69) is 5.32 Å². The Balaban J connectivity index is 2.06. The highest BCUT2D eigenvalue weighted by Gasteiger charge is 2.32. The number of benzene rings is 1. The number of amides is 1. The number of alkyl carbamates (subject to hydrolysis) is 1. The smallest absolute Gasteiger partial charge is 0.407 e. The van der Waals surface area contributed by atoms with Crippen molar-refractivity contribution in [2.45, 2.75) is 51.9 Å². The number of fused-ring (bicyclic) bond motifs is 1. The molecule has 0 fully saturated rings. The molecule has 1 aliphatic rings. The number of hydrogen-bond donors (Lipinski definition) is 1. The summed E-state index contributed by atoms with van der Waals surface area (Å²) in [5.41, 5.74) is 0.657. The number of halogens is 1. The molecule has 2 rings (SSSR count). The molecule has 0 saturated carbocycles. The molecule has 5 nitrogen and oxygen atoms in total. The molecule has 1 heterocycles. The highest BCUT2D eigenvalue weighted by atomic mass is 35.5. The van der Waals surface area contributed by atoms with Gasteiger partial charge in [0, 0.05) is 6.42 Å². The van der Waals surface area contributed by atoms with Crippen LogP contribution in [0.15, 0.2) is 18.2 Å². The van der Waals surface area contributed by atoms with Gasteiger partial charge >= 0.3 is 12.1 Å². The molecule has 0 aliphatic carbocycles. The number of ether oxygens (including phenoxy) is 2. The van der Waals surface area contributed by atoms with Gasteiger partial charge in [0.2, 0.25) is 0 Å². The van der Waals surface area contributed by atoms with Crippen LogP contribution in [0, 0.1) is 0 Å². The second-order valence-electron chi connectivity index (χ2n) is 6.36. The van der Waals surface area contributed by atoms with E-state index in [0.717, 1.165) is 5.56 Å². The van der Waals surface area contributed by atoms with Gasteiger partial charge in [-0.25, -0.2) is 9.59 Å². The van der Waals surface area contributed by atoms with Crippen molar-refractivity contribution in [3.05, 3.63) is 34.3 Å². The summed E-state index contributed by atoms with van der Waals surface area (Å²) in [5.74, 6) is -0.463. The Kier molecular flexibility index (Phi) is 4.66. The molecular formula is C16H20ClNO4. The topological polar surface area (TPSA) is 64.6 Å². The van der Waals surface area contributed by atoms with Crippen LogP contribution >= 0.6 is 11.6 Å². The predicted molar refractivity (Wildman–Crippen MR) is 83.2 cm³/mol. The highest BCUT2D eigenvalue weighted by Crippen LogP contribution is 2.28. The Bertz CT molecular complexity index is 594. The van der Waals surface area contributed by atoms with Crippen molar-refractivity contribution >= 4 is 23.7 Å². The fourth-order valence-electron chi connectivity index (χ4n) is 2.29. The van der Waals surface area contributed by atoms with Crippen LogP contribution in [-0.2, 0) is 15.9 Å². The maximum absolute atomic E-state index is 12.1. The number of esters is 1. The van der Waals surface area contributed by atoms with Gasteiger partial charge in [-0.15, -0.1) is 0 Å². The van der Waals surface area contributed by atoms with Gasteiger partial charge in [0.25, 0.3) is 0 Å². The normalized spacial score (nSPS) is 19.0. The van der Waals surface area contributed by atoms with Gasteiger partial charge in [-0.05, 0) is 39.3 Å². The van der Waals surface area contributed by atoms with Crippen LogP contribution in [0.4, 0.5) is 4.79 Å². The van der Waals surface area contributed by atoms with Gasteiger partial charge in [0.15, 0.2) is 0 Å². The molecule has 0 aromatic heterocycles. The minimum Gasteiger partial charge on any atom is -0.456 e. The van der Waals surface area contributed by atoms with Gasteiger partial charge in [0.1, 0.15) is 11.7 Å². The monoisotopic (exact) mass is 325 g/mol. The summed E-state index contributed by atoms with van der Waals surface area (Å²) in [6.45, 7) is 7.14. The van der Waals surface area contributed by atoms with E-state index in [1.165, 1.54) is 0 Å². The number of carbonyl (C=O) groups excluding carboxylic acids is 2. The zero-order chi connectivity index (χ0) is 16.5. The number of nitrogens with one attached hydrogen (secondary N) is 1. The lowest BCUT2D eigenvalue weighted by atomic mass is 9.95. The minimum absolute atomic E-state index is 0.370. The van der Waals surface area contributed by atoms with Crippen molar-refractivity contribution < 1.29 is 19.1 Å². The highest BCUT2D eigenvalue weighted by molar-refractivity contribution is 6.33. The third kappa shape index (κ3) is 3.91. The minimum atomic E-state index is -0.576. The SMILES string of the molecule is CC(NC(=O)OC(C)(C)C)C1Cc2cccc(Cl)c2C(=O)O1. The Morgan fingerprint density at radius 3 is 2.77 bits per heavy atom. The lowest BCUT2D eigenvalue weighted by Crippen LogP contribution is -2.47. The van der Waals surface area contributed by atoms with Crippen LogP contribution in [-0.4, -0.2) is 29.8 Å². The predicted octanol–water partition coefficient (Wildman–Crippen LogP) is 3.33. The summed E-state index contributed by atoms with van der Waals surface area (Å²) in [6, 6.07) is 4.92. The molecule has 1 aromatic rings. The zero-order valence-electron chi connectivity index (χ0n) is 13.1. The number of carbonyl (C=O) groups is 2. The molecule has 1 aliphatic heterocycles. The summed E-state index contributed by atoms with van der Waals surface area (Å²) < 4.78 is 10.6. The first-order chi connectivity index (χ1) is 10.2. The summed E-state index contributed by atoms with van der Waals surface area (Å²) in [4.78, 5) is 23.9. The molecule has 6 heteroatoms. The number of hydrogen-bond acceptors (Lipinski definition) is 4. The lowest BCUT2D eigenvalue weighted by molar-refractivity contribution is 0.0119. The quantitative estimate of drug-likeness (QED) is 0.847. The zero-order valence-corrected chi connectivity index (χ0v) is 13.9. The fourth-order valence-corrected chi connectivity index (χ4v) is 2.56. The van der Waals surface area contributed by atoms with Crippen molar-refractivity contribution in [2.24, 2.45) is 0 Å². The summed E-state index contributed by atoms with van der Waals surface area (Å²) in [7, 11) is 0. The third-order valence-corrected chi connectivity index (χ3v) is 3.60. The fraction of sp³-hybridized carbons (Fsp3) is 0.500. The lowest BCUT2D eigenvalue weighted by Gasteiger charge is -2.30. The standard InChI is InChI=1S/C16H20ClNO4/c1-9(18-15(20)22-16(2,3)4)12-8-10-6-5-7-11(17)13(10)14(19)21-12/h5-7,9,12H,8H2,1-4H3,(H,18,20). The van der Waals surface area contributed by atoms with Crippen molar-refractivity contribution in [1.82, 2.24) is 5.32 Å². The molecule has 0 saturated heterocycles. The Hall–Kier alpha value is -1.75. The van der Waals surface area contributed by atoms with Crippen LogP contribution in [0.1, 0.15) is 43.6 Å². The van der Waals surface area contributed by atoms with Crippen LogP contribution in [0.2, 0.25) is 5.02 Å². The van der Waals surface area contributed by atoms with Gasteiger partial charge in [0.05, 0.1) is 16.6 Å². The van der Waals surface area contributed by atoms with Crippen molar-refractivity contribution in [1.29, 1.82) is 0 Å². The Morgan fingerprint density at radius 2 is 2.14 bits per heavy atom. The van der Waals surface area contributed by atoms with E-state index >= 15 is 0 Å². The molecular weight excluding hydrogens is 306 g/mol. The largest absolute Gasteiger partial charge is 0.456 e. The molecule has 22 heavy (non-hydrogen) atoms. The molecule has 2 unspecified atom stereocenters. The molecule has 1 amide bonds. The van der Waals surface area contributed by atoms with Gasteiger partial charge in [-0.3, -0.25) is 0 Å². The molecule has 120 valence electrons. The van der Waals surface area contributed by atoms with E-state index in [1.54, 1.807) is 39.8 Å². The average Bonchev–Trinajstić information content (AvgIpc) is 2.35. The van der Waals surface area contributed by atoms with Gasteiger partial charge < -0.3 is 14.8 Å². The third-order valence-electron chi connectivity index (χ3n) is 3.29. The second-order valence-corrected chi connectivity index (χ2v) is 6.76.